The zero-order chi connectivity index (χ0) is 22.2. The lowest BCUT2D eigenvalue weighted by atomic mass is 10.1. The van der Waals surface area contributed by atoms with Gasteiger partial charge in [0.1, 0.15) is 12.6 Å². The van der Waals surface area contributed by atoms with Crippen molar-refractivity contribution in [3.05, 3.63) is 102 Å². The van der Waals surface area contributed by atoms with Gasteiger partial charge >= 0.3 is 6.09 Å². The second-order valence-corrected chi connectivity index (χ2v) is 7.67. The van der Waals surface area contributed by atoms with Gasteiger partial charge in [0.05, 0.1) is 5.69 Å². The van der Waals surface area contributed by atoms with E-state index in [1.165, 1.54) is 11.3 Å². The fraction of sp³-hybridized carbons (Fsp3) is 0.0833. The van der Waals surface area contributed by atoms with Crippen LogP contribution in [0.1, 0.15) is 17.2 Å². The highest BCUT2D eigenvalue weighted by Gasteiger charge is 2.24. The summed E-state index contributed by atoms with van der Waals surface area (Å²) in [5, 5.41) is 7.73. The molecule has 0 bridgehead atoms. The van der Waals surface area contributed by atoms with Crippen molar-refractivity contribution in [2.45, 2.75) is 12.6 Å². The molecule has 2 N–H and O–H groups in total. The Kier molecular flexibility index (Phi) is 6.84. The molecule has 0 fully saturated rings. The third kappa shape index (κ3) is 5.55. The van der Waals surface area contributed by atoms with Crippen LogP contribution >= 0.6 is 11.3 Å². The summed E-state index contributed by atoms with van der Waals surface area (Å²) in [6.07, 6.45) is 2.68. The molecule has 4 rings (SSSR count). The lowest BCUT2D eigenvalue weighted by Crippen LogP contribution is -2.37. The molecule has 2 aromatic heterocycles. The van der Waals surface area contributed by atoms with E-state index in [2.05, 4.69) is 20.6 Å². The van der Waals surface area contributed by atoms with Crippen molar-refractivity contribution >= 4 is 28.5 Å². The predicted octanol–water partition coefficient (Wildman–Crippen LogP) is 4.81. The van der Waals surface area contributed by atoms with Crippen molar-refractivity contribution in [2.24, 2.45) is 0 Å². The van der Waals surface area contributed by atoms with E-state index in [4.69, 9.17) is 4.74 Å². The van der Waals surface area contributed by atoms with Gasteiger partial charge in [-0.2, -0.15) is 0 Å². The van der Waals surface area contributed by atoms with E-state index < -0.39 is 18.0 Å². The van der Waals surface area contributed by atoms with Crippen molar-refractivity contribution in [1.82, 2.24) is 15.3 Å². The number of carbonyl (C=O) groups is 2. The van der Waals surface area contributed by atoms with E-state index in [0.717, 1.165) is 16.8 Å². The molecule has 0 aliphatic rings. The molecule has 0 spiro atoms. The smallest absolute Gasteiger partial charge is 0.408 e. The van der Waals surface area contributed by atoms with E-state index in [1.54, 1.807) is 36.7 Å². The SMILES string of the molecule is O=C(NC(C(=O)Nc1nc(-c2ccncc2)cs1)c1ccccc1)OCc1ccccc1. The minimum Gasteiger partial charge on any atom is -0.445 e. The molecule has 160 valence electrons. The van der Waals surface area contributed by atoms with Gasteiger partial charge in [0.25, 0.3) is 5.91 Å². The number of alkyl carbamates (subject to hydrolysis) is 1. The lowest BCUT2D eigenvalue weighted by Gasteiger charge is -2.18. The Morgan fingerprint density at radius 2 is 1.62 bits per heavy atom. The van der Waals surface area contributed by atoms with Crippen LogP contribution in [0.5, 0.6) is 0 Å². The van der Waals surface area contributed by atoms with Gasteiger partial charge in [-0.25, -0.2) is 9.78 Å². The van der Waals surface area contributed by atoms with Gasteiger partial charge in [0, 0.05) is 23.3 Å². The Hall–Kier alpha value is -4.04. The molecular weight excluding hydrogens is 424 g/mol. The molecule has 2 aromatic carbocycles. The third-order valence-electron chi connectivity index (χ3n) is 4.58. The molecule has 1 atom stereocenters. The van der Waals surface area contributed by atoms with Gasteiger partial charge in [0.2, 0.25) is 0 Å². The van der Waals surface area contributed by atoms with Crippen LogP contribution in [-0.4, -0.2) is 22.0 Å². The fourth-order valence-electron chi connectivity index (χ4n) is 2.99. The van der Waals surface area contributed by atoms with E-state index >= 15 is 0 Å². The zero-order valence-corrected chi connectivity index (χ0v) is 17.8. The summed E-state index contributed by atoms with van der Waals surface area (Å²) in [6, 6.07) is 21.1. The maximum Gasteiger partial charge on any atom is 0.408 e. The number of hydrogen-bond acceptors (Lipinski definition) is 6. The van der Waals surface area contributed by atoms with Crippen LogP contribution in [0.25, 0.3) is 11.3 Å². The maximum absolute atomic E-state index is 13.0. The second-order valence-electron chi connectivity index (χ2n) is 6.81. The molecule has 0 aliphatic carbocycles. The minimum atomic E-state index is -0.937. The first kappa shape index (κ1) is 21.2. The van der Waals surface area contributed by atoms with Crippen LogP contribution in [0.4, 0.5) is 9.93 Å². The first-order valence-electron chi connectivity index (χ1n) is 9.88. The normalized spacial score (nSPS) is 11.4. The number of benzene rings is 2. The number of pyridine rings is 1. The Morgan fingerprint density at radius 3 is 2.34 bits per heavy atom. The summed E-state index contributed by atoms with van der Waals surface area (Å²) in [6.45, 7) is 0.109. The minimum absolute atomic E-state index is 0.109. The maximum atomic E-state index is 13.0. The van der Waals surface area contributed by atoms with E-state index in [-0.39, 0.29) is 6.61 Å². The number of rotatable bonds is 7. The average Bonchev–Trinajstić information content (AvgIpc) is 3.31. The molecule has 1 unspecified atom stereocenters. The van der Waals surface area contributed by atoms with Crippen LogP contribution < -0.4 is 10.6 Å². The highest BCUT2D eigenvalue weighted by Crippen LogP contribution is 2.25. The molecule has 4 aromatic rings. The molecule has 2 amide bonds. The van der Waals surface area contributed by atoms with E-state index in [9.17, 15) is 9.59 Å². The van der Waals surface area contributed by atoms with Crippen molar-refractivity contribution in [1.29, 1.82) is 0 Å². The fourth-order valence-corrected chi connectivity index (χ4v) is 3.71. The second kappa shape index (κ2) is 10.3. The van der Waals surface area contributed by atoms with Crippen molar-refractivity contribution in [3.8, 4) is 11.3 Å². The van der Waals surface area contributed by atoms with Crippen molar-refractivity contribution in [2.75, 3.05) is 5.32 Å². The summed E-state index contributed by atoms with van der Waals surface area (Å²) < 4.78 is 5.29. The topological polar surface area (TPSA) is 93.2 Å². The van der Waals surface area contributed by atoms with Gasteiger partial charge in [-0.05, 0) is 23.3 Å². The molecule has 0 aliphatic heterocycles. The van der Waals surface area contributed by atoms with Crippen LogP contribution in [0.15, 0.2) is 90.6 Å². The molecule has 0 saturated heterocycles. The summed E-state index contributed by atoms with van der Waals surface area (Å²) in [7, 11) is 0. The molecule has 2 heterocycles. The Bertz CT molecular complexity index is 1170. The molecule has 8 heteroatoms. The van der Waals surface area contributed by atoms with Crippen molar-refractivity contribution < 1.29 is 14.3 Å². The number of anilines is 1. The van der Waals surface area contributed by atoms with Gasteiger partial charge in [0.15, 0.2) is 5.13 Å². The molecule has 0 saturated carbocycles. The van der Waals surface area contributed by atoms with E-state index in [0.29, 0.717) is 10.7 Å². The van der Waals surface area contributed by atoms with Crippen LogP contribution in [0.2, 0.25) is 0 Å². The molecule has 0 radical (unpaired) electrons. The number of hydrogen-bond donors (Lipinski definition) is 2. The number of thiazole rings is 1. The Labute approximate surface area is 189 Å². The first-order valence-corrected chi connectivity index (χ1v) is 10.8. The summed E-state index contributed by atoms with van der Waals surface area (Å²) in [5.74, 6) is -0.413. The molecule has 7 nitrogen and oxygen atoms in total. The standard InChI is InChI=1S/C24H20N4O3S/c29-22(28-23-26-20(16-32-23)18-11-13-25-14-12-18)21(19-9-5-2-6-10-19)27-24(30)31-15-17-7-3-1-4-8-17/h1-14,16,21H,15H2,(H,27,30)(H,26,28,29). The number of carbonyl (C=O) groups excluding carboxylic acids is 2. The number of amides is 2. The molecule has 32 heavy (non-hydrogen) atoms. The highest BCUT2D eigenvalue weighted by molar-refractivity contribution is 7.14. The number of aromatic nitrogens is 2. The Morgan fingerprint density at radius 1 is 0.938 bits per heavy atom. The number of nitrogens with one attached hydrogen (secondary N) is 2. The van der Waals surface area contributed by atoms with Gasteiger partial charge in [-0.15, -0.1) is 11.3 Å². The molecular formula is C24H20N4O3S. The quantitative estimate of drug-likeness (QED) is 0.427. The third-order valence-corrected chi connectivity index (χ3v) is 5.34. The van der Waals surface area contributed by atoms with Gasteiger partial charge in [-0.3, -0.25) is 15.1 Å². The van der Waals surface area contributed by atoms with Gasteiger partial charge in [-0.1, -0.05) is 60.7 Å². The van der Waals surface area contributed by atoms with Crippen molar-refractivity contribution in [3.63, 3.8) is 0 Å². The zero-order valence-electron chi connectivity index (χ0n) is 17.0. The first-order chi connectivity index (χ1) is 15.7. The van der Waals surface area contributed by atoms with Crippen LogP contribution in [-0.2, 0) is 16.1 Å². The summed E-state index contributed by atoms with van der Waals surface area (Å²) >= 11 is 1.30. The van der Waals surface area contributed by atoms with Crippen LogP contribution in [0, 0.1) is 0 Å². The monoisotopic (exact) mass is 444 g/mol. The predicted molar refractivity (Wildman–Crippen MR) is 123 cm³/mol. The van der Waals surface area contributed by atoms with E-state index in [1.807, 2.05) is 53.9 Å². The highest BCUT2D eigenvalue weighted by atomic mass is 32.1. The summed E-state index contributed by atoms with van der Waals surface area (Å²) in [4.78, 5) is 33.9. The van der Waals surface area contributed by atoms with Gasteiger partial charge < -0.3 is 10.1 Å². The number of ether oxygens (including phenoxy) is 1. The lowest BCUT2D eigenvalue weighted by molar-refractivity contribution is -0.118. The largest absolute Gasteiger partial charge is 0.445 e. The average molecular weight is 445 g/mol. The van der Waals surface area contributed by atoms with Crippen LogP contribution in [0.3, 0.4) is 0 Å². The number of nitrogens with zero attached hydrogens (tertiary/aromatic N) is 2. The summed E-state index contributed by atoms with van der Waals surface area (Å²) in [5.41, 5.74) is 3.13. The Balaban J connectivity index is 1.45.